The van der Waals surface area contributed by atoms with Gasteiger partial charge in [0.05, 0.1) is 0 Å². The Morgan fingerprint density at radius 2 is 2.33 bits per heavy atom. The van der Waals surface area contributed by atoms with E-state index in [2.05, 4.69) is 5.32 Å². The molecule has 0 saturated heterocycles. The van der Waals surface area contributed by atoms with Crippen LogP contribution >= 0.6 is 0 Å². The van der Waals surface area contributed by atoms with E-state index in [1.165, 1.54) is 6.08 Å². The molecule has 2 nitrogen and oxygen atoms in total. The minimum Gasteiger partial charge on any atom is -0.394 e. The molecule has 0 bridgehead atoms. The maximum atomic E-state index is 9.44. The molecule has 0 aromatic carbocycles. The molecule has 0 saturated carbocycles. The zero-order valence-electron chi connectivity index (χ0n) is 3.64. The monoisotopic (exact) mass is 85.1 g/mol. The number of allylic oxidation sites excluding steroid dienone is 1. The van der Waals surface area contributed by atoms with E-state index in [-0.39, 0.29) is 0 Å². The Morgan fingerprint density at radius 1 is 1.67 bits per heavy atom. The van der Waals surface area contributed by atoms with Crippen molar-refractivity contribution in [3.05, 3.63) is 12.3 Å². The van der Waals surface area contributed by atoms with Gasteiger partial charge in [-0.15, -0.1) is 0 Å². The fraction of sp³-hybridized carbons (Fsp3) is 0.250. The van der Waals surface area contributed by atoms with Crippen LogP contribution in [0.4, 0.5) is 0 Å². The first kappa shape index (κ1) is 5.21. The predicted molar refractivity (Wildman–Crippen MR) is 24.3 cm³/mol. The van der Waals surface area contributed by atoms with E-state index in [0.717, 1.165) is 6.29 Å². The number of nitrogens with one attached hydrogen (secondary N) is 1. The first-order valence-corrected chi connectivity index (χ1v) is 1.69. The Hall–Kier alpha value is -0.790. The molecule has 0 amide bonds. The van der Waals surface area contributed by atoms with Crippen LogP contribution in [0.25, 0.3) is 0 Å². The molecule has 0 heterocycles. The summed E-state index contributed by atoms with van der Waals surface area (Å²) in [5.41, 5.74) is 0. The fourth-order valence-corrected chi connectivity index (χ4v) is 0.136. The average molecular weight is 85.1 g/mol. The third-order valence-electron chi connectivity index (χ3n) is 0.341. The first-order chi connectivity index (χ1) is 2.91. The van der Waals surface area contributed by atoms with Crippen LogP contribution in [-0.4, -0.2) is 13.3 Å². The van der Waals surface area contributed by atoms with Gasteiger partial charge in [0, 0.05) is 7.05 Å². The van der Waals surface area contributed by atoms with E-state index >= 15 is 0 Å². The maximum absolute atomic E-state index is 9.44. The van der Waals surface area contributed by atoms with Gasteiger partial charge in [0.25, 0.3) is 0 Å². The van der Waals surface area contributed by atoms with Gasteiger partial charge in [0.2, 0.25) is 0 Å². The third kappa shape index (κ3) is 3.21. The number of carbonyl (C=O) groups excluding carboxylic acids is 1. The summed E-state index contributed by atoms with van der Waals surface area (Å²) in [6.45, 7) is 0. The summed E-state index contributed by atoms with van der Waals surface area (Å²) in [5.74, 6) is 0. The van der Waals surface area contributed by atoms with Gasteiger partial charge < -0.3 is 5.32 Å². The highest BCUT2D eigenvalue weighted by Gasteiger charge is 1.54. The quantitative estimate of drug-likeness (QED) is 0.375. The summed E-state index contributed by atoms with van der Waals surface area (Å²) in [7, 11) is 1.74. The van der Waals surface area contributed by atoms with Crippen molar-refractivity contribution in [2.75, 3.05) is 7.05 Å². The van der Waals surface area contributed by atoms with Gasteiger partial charge in [0.1, 0.15) is 6.29 Å². The molecule has 0 rings (SSSR count). The molecule has 6 heavy (non-hydrogen) atoms. The van der Waals surface area contributed by atoms with Crippen molar-refractivity contribution >= 4 is 6.29 Å². The fourth-order valence-electron chi connectivity index (χ4n) is 0.136. The Labute approximate surface area is 36.9 Å². The number of carbonyl (C=O) groups is 1. The number of aldehydes is 1. The minimum absolute atomic E-state index is 0.719. The molecule has 0 fully saturated rings. The van der Waals surface area contributed by atoms with Gasteiger partial charge in [0.15, 0.2) is 0 Å². The molecule has 1 N–H and O–H groups in total. The lowest BCUT2D eigenvalue weighted by atomic mass is 10.7. The van der Waals surface area contributed by atoms with Crippen LogP contribution in [0.1, 0.15) is 0 Å². The van der Waals surface area contributed by atoms with Crippen LogP contribution in [0.15, 0.2) is 12.3 Å². The summed E-state index contributed by atoms with van der Waals surface area (Å²) in [6, 6.07) is 0. The van der Waals surface area contributed by atoms with E-state index in [1.807, 2.05) is 0 Å². The second-order valence-electron chi connectivity index (χ2n) is 0.784. The Morgan fingerprint density at radius 3 is 2.50 bits per heavy atom. The first-order valence-electron chi connectivity index (χ1n) is 1.69. The summed E-state index contributed by atoms with van der Waals surface area (Å²) < 4.78 is 0. The van der Waals surface area contributed by atoms with Crippen molar-refractivity contribution < 1.29 is 4.79 Å². The van der Waals surface area contributed by atoms with Gasteiger partial charge >= 0.3 is 0 Å². The zero-order valence-corrected chi connectivity index (χ0v) is 3.64. The van der Waals surface area contributed by atoms with Crippen LogP contribution in [0, 0.1) is 0 Å². The molecule has 0 aromatic rings. The highest BCUT2D eigenvalue weighted by molar-refractivity contribution is 5.64. The number of hydrogen-bond acceptors (Lipinski definition) is 2. The molecule has 0 radical (unpaired) electrons. The third-order valence-corrected chi connectivity index (χ3v) is 0.341. The Kier molecular flexibility index (Phi) is 3.66. The summed E-state index contributed by atoms with van der Waals surface area (Å²) in [5, 5.41) is 2.66. The van der Waals surface area contributed by atoms with Crippen LogP contribution in [-0.2, 0) is 4.79 Å². The van der Waals surface area contributed by atoms with Crippen LogP contribution in [0.5, 0.6) is 0 Å². The molecule has 0 aliphatic carbocycles. The van der Waals surface area contributed by atoms with E-state index in [0.29, 0.717) is 0 Å². The summed E-state index contributed by atoms with van der Waals surface area (Å²) in [4.78, 5) is 9.44. The smallest absolute Gasteiger partial charge is 0.144 e. The van der Waals surface area contributed by atoms with Crippen molar-refractivity contribution in [2.45, 2.75) is 0 Å². The van der Waals surface area contributed by atoms with Crippen molar-refractivity contribution in [2.24, 2.45) is 0 Å². The lowest BCUT2D eigenvalue weighted by Gasteiger charge is -1.74. The second kappa shape index (κ2) is 4.21. The molecule has 0 unspecified atom stereocenters. The number of rotatable bonds is 2. The maximum Gasteiger partial charge on any atom is 0.144 e. The highest BCUT2D eigenvalue weighted by Crippen LogP contribution is 1.51. The van der Waals surface area contributed by atoms with Gasteiger partial charge in [-0.3, -0.25) is 4.79 Å². The van der Waals surface area contributed by atoms with Crippen LogP contribution in [0.3, 0.4) is 0 Å². The van der Waals surface area contributed by atoms with E-state index < -0.39 is 0 Å². The van der Waals surface area contributed by atoms with Gasteiger partial charge in [-0.2, -0.15) is 0 Å². The lowest BCUT2D eigenvalue weighted by Crippen LogP contribution is -1.90. The minimum atomic E-state index is 0.719. The summed E-state index contributed by atoms with van der Waals surface area (Å²) >= 11 is 0. The van der Waals surface area contributed by atoms with Gasteiger partial charge in [-0.1, -0.05) is 0 Å². The predicted octanol–water partition coefficient (Wildman–Crippen LogP) is -0.0816. The molecule has 0 atom stereocenters. The molecule has 0 aliphatic heterocycles. The van der Waals surface area contributed by atoms with Crippen molar-refractivity contribution in [3.8, 4) is 0 Å². The van der Waals surface area contributed by atoms with Gasteiger partial charge in [-0.25, -0.2) is 0 Å². The SMILES string of the molecule is CN/C=C/C=O. The Bertz CT molecular complexity index is 58.6. The molecular formula is C4H7NO. The zero-order chi connectivity index (χ0) is 4.83. The lowest BCUT2D eigenvalue weighted by molar-refractivity contribution is -0.104. The van der Waals surface area contributed by atoms with Crippen LogP contribution in [0.2, 0.25) is 0 Å². The van der Waals surface area contributed by atoms with E-state index in [4.69, 9.17) is 0 Å². The molecule has 0 spiro atoms. The summed E-state index contributed by atoms with van der Waals surface area (Å²) in [6.07, 6.45) is 3.67. The Balaban J connectivity index is 2.94. The van der Waals surface area contributed by atoms with E-state index in [9.17, 15) is 4.79 Å². The normalized spacial score (nSPS) is 8.83. The van der Waals surface area contributed by atoms with Crippen molar-refractivity contribution in [1.82, 2.24) is 5.32 Å². The largest absolute Gasteiger partial charge is 0.394 e. The second-order valence-corrected chi connectivity index (χ2v) is 0.784. The molecule has 0 aromatic heterocycles. The number of hydrogen-bond donors (Lipinski definition) is 1. The van der Waals surface area contributed by atoms with Gasteiger partial charge in [-0.05, 0) is 12.3 Å². The molecule has 34 valence electrons. The van der Waals surface area contributed by atoms with Crippen molar-refractivity contribution in [1.29, 1.82) is 0 Å². The topological polar surface area (TPSA) is 29.1 Å². The highest BCUT2D eigenvalue weighted by atomic mass is 16.1. The molecular weight excluding hydrogens is 78.0 g/mol. The average Bonchev–Trinajstić information content (AvgIpc) is 1.61. The van der Waals surface area contributed by atoms with Crippen LogP contribution < -0.4 is 5.32 Å². The molecule has 2 heteroatoms. The van der Waals surface area contributed by atoms with Crippen molar-refractivity contribution in [3.63, 3.8) is 0 Å². The molecule has 0 aliphatic rings. The van der Waals surface area contributed by atoms with E-state index in [1.54, 1.807) is 13.2 Å². The standard InChI is InChI=1S/C4H7NO/c1-5-3-2-4-6/h2-5H,1H3/b3-2+.